The van der Waals surface area contributed by atoms with E-state index in [1.165, 1.54) is 152 Å². The quantitative estimate of drug-likeness (QED) is 0.0825. The molecular formula is C33H57O4P. The van der Waals surface area contributed by atoms with E-state index in [-0.39, 0.29) is 0 Å². The van der Waals surface area contributed by atoms with Crippen molar-refractivity contribution in [3.05, 3.63) is 16.7 Å². The summed E-state index contributed by atoms with van der Waals surface area (Å²) in [5.41, 5.74) is 5.90. The summed E-state index contributed by atoms with van der Waals surface area (Å²) < 4.78 is 23.7. The minimum absolute atomic E-state index is 0.823. The minimum Gasteiger partial charge on any atom is -0.384 e. The Kier molecular flexibility index (Phi) is 15.6. The van der Waals surface area contributed by atoms with E-state index in [2.05, 4.69) is 20.8 Å². The van der Waals surface area contributed by atoms with Crippen LogP contribution in [0.25, 0.3) is 11.2 Å². The molecule has 0 N–H and O–H groups in total. The summed E-state index contributed by atoms with van der Waals surface area (Å²) in [7, 11) is -1.43. The highest BCUT2D eigenvalue weighted by molar-refractivity contribution is 7.32. The Hall–Kier alpha value is -1.28. The zero-order valence-electron chi connectivity index (χ0n) is 25.1. The highest BCUT2D eigenvalue weighted by Gasteiger charge is 2.30. The molecular weight excluding hydrogens is 491 g/mol. The summed E-state index contributed by atoms with van der Waals surface area (Å²) in [5, 5.41) is 0. The fourth-order valence-electron chi connectivity index (χ4n) is 5.97. The number of hydrogen-bond acceptors (Lipinski definition) is 4. The first-order valence-electron chi connectivity index (χ1n) is 16.5. The maximum atomic E-state index is 6.19. The molecule has 3 rings (SSSR count). The van der Waals surface area contributed by atoms with Crippen molar-refractivity contribution in [3.63, 3.8) is 0 Å². The van der Waals surface area contributed by atoms with Crippen molar-refractivity contribution in [3.8, 4) is 5.75 Å². The standard InChI is InChI=1S/C33H57O4P/c1-4-7-10-13-16-19-22-25-28-29(26-23-20-17-14-11-8-5-2)31-33-32(35-38(36-33)37-34-31)30(28)27-24-21-18-15-12-9-6-3/h4-27H2,1-3H3. The second kappa shape index (κ2) is 18.9. The van der Waals surface area contributed by atoms with E-state index < -0.39 is 8.24 Å². The fourth-order valence-corrected chi connectivity index (χ4v) is 6.86. The average Bonchev–Trinajstić information content (AvgIpc) is 3.29. The molecule has 0 saturated carbocycles. The van der Waals surface area contributed by atoms with Gasteiger partial charge < -0.3 is 8.72 Å². The molecule has 218 valence electrons. The van der Waals surface area contributed by atoms with Crippen LogP contribution < -0.4 is 4.52 Å². The van der Waals surface area contributed by atoms with Crippen LogP contribution >= 0.6 is 8.24 Å². The molecule has 1 atom stereocenters. The molecule has 0 saturated heterocycles. The Morgan fingerprint density at radius 1 is 0.447 bits per heavy atom. The first-order chi connectivity index (χ1) is 18.8. The monoisotopic (exact) mass is 548 g/mol. The first kappa shape index (κ1) is 31.3. The lowest BCUT2D eigenvalue weighted by Crippen LogP contribution is -2.04. The summed E-state index contributed by atoms with van der Waals surface area (Å²) in [6.45, 7) is 6.87. The topological polar surface area (TPSA) is 48.7 Å². The summed E-state index contributed by atoms with van der Waals surface area (Å²) in [6, 6.07) is 0. The van der Waals surface area contributed by atoms with Gasteiger partial charge in [-0.25, -0.2) is 4.36 Å². The molecule has 1 aliphatic heterocycles. The summed E-state index contributed by atoms with van der Waals surface area (Å²) >= 11 is 0. The van der Waals surface area contributed by atoms with E-state index in [4.69, 9.17) is 17.7 Å². The molecule has 1 aromatic heterocycles. The Morgan fingerprint density at radius 2 is 0.868 bits per heavy atom. The Labute approximate surface area is 234 Å². The van der Waals surface area contributed by atoms with Crippen LogP contribution in [0.2, 0.25) is 0 Å². The molecule has 2 bridgehead atoms. The third kappa shape index (κ3) is 10.0. The number of rotatable bonds is 24. The molecule has 0 fully saturated rings. The van der Waals surface area contributed by atoms with Crippen LogP contribution in [0.5, 0.6) is 5.75 Å². The second-order valence-corrected chi connectivity index (χ2v) is 12.6. The number of unbranched alkanes of at least 4 members (excludes halogenated alkanes) is 18. The SMILES string of the molecule is CCCCCCCCCc1c(CCCCCCCCC)c2c3op(ooc3c1CCCCCCCCC)O2. The second-order valence-electron chi connectivity index (χ2n) is 11.6. The van der Waals surface area contributed by atoms with Crippen LogP contribution in [-0.2, 0) is 19.3 Å². The van der Waals surface area contributed by atoms with Crippen molar-refractivity contribution in [2.24, 2.45) is 0 Å². The van der Waals surface area contributed by atoms with Gasteiger partial charge in [0, 0.05) is 11.1 Å². The largest absolute Gasteiger partial charge is 0.491 e. The van der Waals surface area contributed by atoms with Crippen molar-refractivity contribution >= 4 is 19.4 Å². The van der Waals surface area contributed by atoms with Crippen molar-refractivity contribution in [1.29, 1.82) is 0 Å². The van der Waals surface area contributed by atoms with Gasteiger partial charge in [-0.1, -0.05) is 136 Å². The van der Waals surface area contributed by atoms with Gasteiger partial charge in [0.2, 0.25) is 11.2 Å². The molecule has 38 heavy (non-hydrogen) atoms. The molecule has 1 aromatic carbocycles. The van der Waals surface area contributed by atoms with Gasteiger partial charge in [0.15, 0.2) is 5.75 Å². The zero-order valence-corrected chi connectivity index (χ0v) is 25.9. The summed E-state index contributed by atoms with van der Waals surface area (Å²) in [6.07, 6.45) is 31.1. The van der Waals surface area contributed by atoms with Gasteiger partial charge in [-0.15, -0.1) is 0 Å². The molecule has 0 amide bonds. The first-order valence-corrected chi connectivity index (χ1v) is 17.6. The molecule has 4 nitrogen and oxygen atoms in total. The van der Waals surface area contributed by atoms with Crippen LogP contribution in [0.4, 0.5) is 0 Å². The molecule has 0 spiro atoms. The van der Waals surface area contributed by atoms with E-state index in [0.29, 0.717) is 0 Å². The highest BCUT2D eigenvalue weighted by Crippen LogP contribution is 2.50. The number of aryl methyl sites for hydroxylation is 1. The van der Waals surface area contributed by atoms with Crippen LogP contribution in [0, 0.1) is 0 Å². The molecule has 0 radical (unpaired) electrons. The summed E-state index contributed by atoms with van der Waals surface area (Å²) in [5.74, 6) is 0.941. The molecule has 2 heterocycles. The van der Waals surface area contributed by atoms with Gasteiger partial charge in [-0.05, 0) is 44.1 Å². The number of benzene rings is 1. The van der Waals surface area contributed by atoms with Gasteiger partial charge in [0.05, 0.1) is 0 Å². The van der Waals surface area contributed by atoms with Crippen molar-refractivity contribution in [2.75, 3.05) is 0 Å². The normalized spacial score (nSPS) is 12.7. The van der Waals surface area contributed by atoms with E-state index in [1.807, 2.05) is 0 Å². The van der Waals surface area contributed by atoms with E-state index in [0.717, 1.165) is 36.2 Å². The molecule has 5 heteroatoms. The Balaban J connectivity index is 1.70. The Morgan fingerprint density at radius 3 is 1.37 bits per heavy atom. The molecule has 1 aliphatic rings. The lowest BCUT2D eigenvalue weighted by Gasteiger charge is -2.17. The predicted molar refractivity (Wildman–Crippen MR) is 162 cm³/mol. The van der Waals surface area contributed by atoms with Gasteiger partial charge in [0.25, 0.3) is 0 Å². The average molecular weight is 549 g/mol. The number of fused-ring (bicyclic) bond motifs is 1. The van der Waals surface area contributed by atoms with Crippen LogP contribution in [-0.4, -0.2) is 0 Å². The molecule has 2 aromatic rings. The van der Waals surface area contributed by atoms with Crippen LogP contribution in [0.3, 0.4) is 0 Å². The van der Waals surface area contributed by atoms with E-state index in [9.17, 15) is 0 Å². The van der Waals surface area contributed by atoms with E-state index in [1.54, 1.807) is 0 Å². The van der Waals surface area contributed by atoms with E-state index >= 15 is 0 Å². The van der Waals surface area contributed by atoms with Crippen molar-refractivity contribution in [2.45, 2.75) is 175 Å². The minimum atomic E-state index is -1.43. The predicted octanol–water partition coefficient (Wildman–Crippen LogP) is 12.8. The van der Waals surface area contributed by atoms with Gasteiger partial charge >= 0.3 is 8.24 Å². The smallest absolute Gasteiger partial charge is 0.384 e. The maximum absolute atomic E-state index is 6.19. The van der Waals surface area contributed by atoms with Crippen molar-refractivity contribution < 1.29 is 17.7 Å². The number of hydrogen-bond donors (Lipinski definition) is 0. The summed E-state index contributed by atoms with van der Waals surface area (Å²) in [4.78, 5) is 0. The fraction of sp³-hybridized carbons (Fsp3) is 0.818. The highest BCUT2D eigenvalue weighted by atomic mass is 31.1. The van der Waals surface area contributed by atoms with Gasteiger partial charge in [-0.3, -0.25) is 4.58 Å². The lowest BCUT2D eigenvalue weighted by atomic mass is 9.88. The van der Waals surface area contributed by atoms with Gasteiger partial charge in [0.1, 0.15) is 0 Å². The Bertz CT molecular complexity index is 929. The third-order valence-electron chi connectivity index (χ3n) is 8.29. The maximum Gasteiger partial charge on any atom is 0.491 e. The van der Waals surface area contributed by atoms with Gasteiger partial charge in [-0.2, -0.15) is 0 Å². The van der Waals surface area contributed by atoms with Crippen LogP contribution in [0.1, 0.15) is 172 Å². The van der Waals surface area contributed by atoms with Crippen LogP contribution in [0.15, 0.2) is 13.1 Å². The third-order valence-corrected chi connectivity index (χ3v) is 9.15. The molecule has 0 aliphatic carbocycles. The lowest BCUT2D eigenvalue weighted by molar-refractivity contribution is 0.103. The molecule has 1 unspecified atom stereocenters. The zero-order chi connectivity index (χ0) is 26.8. The van der Waals surface area contributed by atoms with Crippen molar-refractivity contribution in [1.82, 2.24) is 0 Å².